The summed E-state index contributed by atoms with van der Waals surface area (Å²) in [5, 5.41) is 3.00. The Kier molecular flexibility index (Phi) is 3.50. The molecule has 2 saturated carbocycles. The molecule has 16 heavy (non-hydrogen) atoms. The van der Waals surface area contributed by atoms with Gasteiger partial charge in [-0.3, -0.25) is 4.79 Å². The first-order valence-corrected chi connectivity index (χ1v) is 6.25. The van der Waals surface area contributed by atoms with Crippen molar-refractivity contribution in [1.82, 2.24) is 5.32 Å². The van der Waals surface area contributed by atoms with E-state index in [-0.39, 0.29) is 23.5 Å². The topological polar surface area (TPSA) is 64.3 Å². The zero-order valence-electron chi connectivity index (χ0n) is 10.00. The van der Waals surface area contributed by atoms with E-state index in [4.69, 9.17) is 10.5 Å². The maximum Gasteiger partial charge on any atom is 0.224 e. The van der Waals surface area contributed by atoms with Gasteiger partial charge in [-0.15, -0.1) is 0 Å². The fraction of sp³-hybridized carbons (Fsp3) is 0.917. The lowest BCUT2D eigenvalue weighted by Gasteiger charge is -2.40. The van der Waals surface area contributed by atoms with Gasteiger partial charge in [-0.05, 0) is 32.1 Å². The molecule has 4 heteroatoms. The Labute approximate surface area is 96.9 Å². The second kappa shape index (κ2) is 4.72. The fourth-order valence-electron chi connectivity index (χ4n) is 2.72. The molecule has 0 aromatic carbocycles. The smallest absolute Gasteiger partial charge is 0.224 e. The summed E-state index contributed by atoms with van der Waals surface area (Å²) in [4.78, 5) is 11.9. The van der Waals surface area contributed by atoms with Gasteiger partial charge in [0, 0.05) is 19.7 Å². The molecule has 4 nitrogen and oxygen atoms in total. The second-order valence-corrected chi connectivity index (χ2v) is 5.16. The van der Waals surface area contributed by atoms with E-state index in [0.717, 1.165) is 32.1 Å². The average Bonchev–Trinajstić information content (AvgIpc) is 2.63. The minimum Gasteiger partial charge on any atom is -0.376 e. The van der Waals surface area contributed by atoms with Gasteiger partial charge < -0.3 is 15.8 Å². The molecule has 0 saturated heterocycles. The first-order valence-electron chi connectivity index (χ1n) is 6.25. The molecule has 0 aromatic heterocycles. The number of carbonyl (C=O) groups is 1. The van der Waals surface area contributed by atoms with Crippen molar-refractivity contribution in [3.63, 3.8) is 0 Å². The lowest BCUT2D eigenvalue weighted by molar-refractivity contribution is -0.128. The van der Waals surface area contributed by atoms with E-state index >= 15 is 0 Å². The van der Waals surface area contributed by atoms with Crippen LogP contribution >= 0.6 is 0 Å². The Morgan fingerprint density at radius 2 is 2.19 bits per heavy atom. The van der Waals surface area contributed by atoms with E-state index in [9.17, 15) is 4.79 Å². The highest BCUT2D eigenvalue weighted by atomic mass is 16.5. The summed E-state index contributed by atoms with van der Waals surface area (Å²) in [6.45, 7) is 0.644. The van der Waals surface area contributed by atoms with Crippen LogP contribution in [-0.2, 0) is 9.53 Å². The zero-order chi connectivity index (χ0) is 11.6. The van der Waals surface area contributed by atoms with Crippen LogP contribution in [0.1, 0.15) is 38.5 Å². The Hall–Kier alpha value is -0.610. The summed E-state index contributed by atoms with van der Waals surface area (Å²) in [5.74, 6) is 0.141. The number of ether oxygens (including phenoxy) is 1. The number of carbonyl (C=O) groups excluding carboxylic acids is 1. The highest BCUT2D eigenvalue weighted by Crippen LogP contribution is 2.34. The summed E-state index contributed by atoms with van der Waals surface area (Å²) in [6, 6.07) is 0.0554. The van der Waals surface area contributed by atoms with Crippen molar-refractivity contribution in [3.8, 4) is 0 Å². The summed E-state index contributed by atoms with van der Waals surface area (Å²) >= 11 is 0. The third kappa shape index (κ3) is 2.23. The van der Waals surface area contributed by atoms with Crippen LogP contribution in [0.2, 0.25) is 0 Å². The molecule has 3 N–H and O–H groups in total. The van der Waals surface area contributed by atoms with Gasteiger partial charge >= 0.3 is 0 Å². The highest BCUT2D eigenvalue weighted by Gasteiger charge is 2.38. The van der Waals surface area contributed by atoms with Crippen LogP contribution in [-0.4, -0.2) is 31.2 Å². The van der Waals surface area contributed by atoms with Crippen molar-refractivity contribution >= 4 is 5.91 Å². The lowest BCUT2D eigenvalue weighted by atomic mass is 9.80. The largest absolute Gasteiger partial charge is 0.376 e. The van der Waals surface area contributed by atoms with Gasteiger partial charge in [0.25, 0.3) is 0 Å². The molecule has 2 aliphatic carbocycles. The van der Waals surface area contributed by atoms with Gasteiger partial charge in [0.05, 0.1) is 11.5 Å². The molecule has 0 aliphatic heterocycles. The number of amides is 1. The lowest BCUT2D eigenvalue weighted by Crippen LogP contribution is -2.51. The Morgan fingerprint density at radius 3 is 2.62 bits per heavy atom. The van der Waals surface area contributed by atoms with Crippen molar-refractivity contribution < 1.29 is 9.53 Å². The van der Waals surface area contributed by atoms with E-state index in [1.807, 2.05) is 0 Å². The minimum atomic E-state index is -0.0850. The van der Waals surface area contributed by atoms with Crippen molar-refractivity contribution in [3.05, 3.63) is 0 Å². The summed E-state index contributed by atoms with van der Waals surface area (Å²) in [7, 11) is 1.73. The van der Waals surface area contributed by atoms with Crippen molar-refractivity contribution in [2.75, 3.05) is 13.7 Å². The quantitative estimate of drug-likeness (QED) is 0.745. The van der Waals surface area contributed by atoms with E-state index < -0.39 is 0 Å². The SMILES string of the molecule is COC1(CNC(=O)C2CCCC2N)CCC1. The van der Waals surface area contributed by atoms with Crippen molar-refractivity contribution in [1.29, 1.82) is 0 Å². The molecule has 2 atom stereocenters. The van der Waals surface area contributed by atoms with E-state index in [2.05, 4.69) is 5.32 Å². The van der Waals surface area contributed by atoms with Gasteiger partial charge in [-0.1, -0.05) is 6.42 Å². The van der Waals surface area contributed by atoms with E-state index in [1.165, 1.54) is 6.42 Å². The molecule has 0 radical (unpaired) electrons. The van der Waals surface area contributed by atoms with E-state index in [1.54, 1.807) is 7.11 Å². The second-order valence-electron chi connectivity index (χ2n) is 5.16. The number of hydrogen-bond acceptors (Lipinski definition) is 3. The average molecular weight is 226 g/mol. The molecule has 1 amide bonds. The molecule has 2 unspecified atom stereocenters. The van der Waals surface area contributed by atoms with Gasteiger partial charge in [-0.25, -0.2) is 0 Å². The molecule has 0 aromatic rings. The molecule has 92 valence electrons. The van der Waals surface area contributed by atoms with Crippen LogP contribution in [0, 0.1) is 5.92 Å². The molecule has 0 heterocycles. The Balaban J connectivity index is 1.79. The number of hydrogen-bond donors (Lipinski definition) is 2. The predicted octanol–water partition coefficient (Wildman–Crippen LogP) is 0.799. The monoisotopic (exact) mass is 226 g/mol. The molecular formula is C12H22N2O2. The number of nitrogens with one attached hydrogen (secondary N) is 1. The number of methoxy groups -OCH3 is 1. The van der Waals surface area contributed by atoms with Gasteiger partial charge in [0.2, 0.25) is 5.91 Å². The van der Waals surface area contributed by atoms with Gasteiger partial charge in [0.1, 0.15) is 0 Å². The van der Waals surface area contributed by atoms with Crippen molar-refractivity contribution in [2.45, 2.75) is 50.2 Å². The molecule has 2 fully saturated rings. The first kappa shape index (κ1) is 11.9. The summed E-state index contributed by atoms with van der Waals surface area (Å²) in [5.41, 5.74) is 5.82. The van der Waals surface area contributed by atoms with E-state index in [0.29, 0.717) is 6.54 Å². The standard InChI is InChI=1S/C12H22N2O2/c1-16-12(6-3-7-12)8-14-11(15)9-4-2-5-10(9)13/h9-10H,2-8,13H2,1H3,(H,14,15). The minimum absolute atomic E-state index is 0.0222. The maximum atomic E-state index is 11.9. The molecular weight excluding hydrogens is 204 g/mol. The normalized spacial score (nSPS) is 32.1. The molecule has 0 bridgehead atoms. The summed E-state index contributed by atoms with van der Waals surface area (Å²) < 4.78 is 5.47. The van der Waals surface area contributed by atoms with Crippen LogP contribution in [0.5, 0.6) is 0 Å². The van der Waals surface area contributed by atoms with Crippen LogP contribution in [0.25, 0.3) is 0 Å². The molecule has 2 aliphatic rings. The Morgan fingerprint density at radius 1 is 1.44 bits per heavy atom. The number of nitrogens with two attached hydrogens (primary N) is 1. The first-order chi connectivity index (χ1) is 7.67. The van der Waals surface area contributed by atoms with Crippen molar-refractivity contribution in [2.24, 2.45) is 11.7 Å². The maximum absolute atomic E-state index is 11.9. The van der Waals surface area contributed by atoms with Crippen LogP contribution < -0.4 is 11.1 Å². The Bertz CT molecular complexity index is 258. The summed E-state index contributed by atoms with van der Waals surface area (Å²) in [6.07, 6.45) is 6.31. The number of rotatable bonds is 4. The predicted molar refractivity (Wildman–Crippen MR) is 61.9 cm³/mol. The fourth-order valence-corrected chi connectivity index (χ4v) is 2.72. The van der Waals surface area contributed by atoms with Gasteiger partial charge in [-0.2, -0.15) is 0 Å². The third-order valence-electron chi connectivity index (χ3n) is 4.19. The van der Waals surface area contributed by atoms with Crippen LogP contribution in [0.3, 0.4) is 0 Å². The van der Waals surface area contributed by atoms with Gasteiger partial charge in [0.15, 0.2) is 0 Å². The molecule has 2 rings (SSSR count). The third-order valence-corrected chi connectivity index (χ3v) is 4.19. The zero-order valence-corrected chi connectivity index (χ0v) is 10.00. The van der Waals surface area contributed by atoms with Crippen LogP contribution in [0.15, 0.2) is 0 Å². The van der Waals surface area contributed by atoms with Crippen LogP contribution in [0.4, 0.5) is 0 Å². The molecule has 0 spiro atoms. The highest BCUT2D eigenvalue weighted by molar-refractivity contribution is 5.79.